The van der Waals surface area contributed by atoms with Gasteiger partial charge in [0.1, 0.15) is 0 Å². The molecule has 7 heteroatoms. The van der Waals surface area contributed by atoms with Gasteiger partial charge in [0.05, 0.1) is 18.6 Å². The van der Waals surface area contributed by atoms with Crippen LogP contribution in [0.3, 0.4) is 0 Å². The minimum atomic E-state index is -4.91. The van der Waals surface area contributed by atoms with Crippen molar-refractivity contribution in [3.8, 4) is 0 Å². The van der Waals surface area contributed by atoms with Crippen LogP contribution in [0.4, 0.5) is 0 Å². The zero-order valence-electron chi connectivity index (χ0n) is 18.0. The Bertz CT molecular complexity index is 488. The molecule has 4 nitrogen and oxygen atoms in total. The molecule has 0 saturated heterocycles. The Labute approximate surface area is 112 Å². The number of rotatable bonds is 9. The van der Waals surface area contributed by atoms with Gasteiger partial charge in [-0.25, -0.2) is 4.57 Å². The summed E-state index contributed by atoms with van der Waals surface area (Å²) in [5, 5.41) is 0. The van der Waals surface area contributed by atoms with E-state index in [4.69, 9.17) is 13.7 Å². The summed E-state index contributed by atoms with van der Waals surface area (Å²) in [5.74, 6) is 0.0239. The molecule has 0 aliphatic carbocycles. The van der Waals surface area contributed by atoms with Crippen molar-refractivity contribution in [3.63, 3.8) is 0 Å². The van der Waals surface area contributed by atoms with Crippen LogP contribution in [-0.2, 0) is 24.4 Å². The first kappa shape index (κ1) is 5.53. The molecule has 0 spiro atoms. The van der Waals surface area contributed by atoms with Gasteiger partial charge in [-0.1, -0.05) is 6.92 Å². The molecule has 1 atom stereocenters. The van der Waals surface area contributed by atoms with Crippen LogP contribution in [0.15, 0.2) is 0 Å². The molecule has 0 aliphatic rings. The first-order valence-electron chi connectivity index (χ1n) is 8.88. The Morgan fingerprint density at radius 2 is 2.07 bits per heavy atom. The fourth-order valence-corrected chi connectivity index (χ4v) is 4.37. The van der Waals surface area contributed by atoms with E-state index in [2.05, 4.69) is 9.05 Å². The van der Waals surface area contributed by atoms with Crippen molar-refractivity contribution < 1.29 is 31.5 Å². The van der Waals surface area contributed by atoms with Gasteiger partial charge in [0, 0.05) is 36.3 Å². The van der Waals surface area contributed by atoms with Crippen LogP contribution in [0.1, 0.15) is 34.3 Å². The Kier molecular flexibility index (Phi) is 3.23. The van der Waals surface area contributed by atoms with Gasteiger partial charge in [0.15, 0.2) is 0 Å². The van der Waals surface area contributed by atoms with Gasteiger partial charge in [0.25, 0.3) is 0 Å². The quantitative estimate of drug-likeness (QED) is 0.609. The van der Waals surface area contributed by atoms with Gasteiger partial charge in [0.2, 0.25) is 0 Å². The molecule has 0 aromatic heterocycles. The van der Waals surface area contributed by atoms with Crippen molar-refractivity contribution in [1.82, 2.24) is 0 Å². The highest BCUT2D eigenvalue weighted by atomic mass is 32.7. The highest BCUT2D eigenvalue weighted by molar-refractivity contribution is 8.55. The molecule has 15 heavy (non-hydrogen) atoms. The fraction of sp³-hybridized carbons (Fsp3) is 1.00. The van der Waals surface area contributed by atoms with Gasteiger partial charge in [-0.3, -0.25) is 4.21 Å². The monoisotopic (exact) mass is 284 g/mol. The predicted octanol–water partition coefficient (Wildman–Crippen LogP) is 2.67. The lowest BCUT2D eigenvalue weighted by atomic mass is 10.9. The molecule has 0 radical (unpaired) electrons. The van der Waals surface area contributed by atoms with E-state index in [1.165, 1.54) is 0 Å². The molecule has 0 aromatic rings. The van der Waals surface area contributed by atoms with Crippen LogP contribution in [0, 0.1) is 0 Å². The summed E-state index contributed by atoms with van der Waals surface area (Å²) in [4.78, 5) is 0. The highest BCUT2D eigenvalue weighted by Crippen LogP contribution is 2.60. The average Bonchev–Trinajstić information content (AvgIpc) is 2.33. The van der Waals surface area contributed by atoms with E-state index in [9.17, 15) is 8.77 Å². The molecule has 0 fully saturated rings. The molecule has 0 heterocycles. The summed E-state index contributed by atoms with van der Waals surface area (Å²) in [6.07, 6.45) is 0. The van der Waals surface area contributed by atoms with Crippen LogP contribution < -0.4 is 0 Å². The molecule has 0 amide bonds. The van der Waals surface area contributed by atoms with Crippen molar-refractivity contribution in [2.75, 3.05) is 30.4 Å². The second-order valence-corrected chi connectivity index (χ2v) is 8.01. The standard InChI is InChI=1S/C8H19O4PS2/c1-4-11-13(9,12-5-2)14-7-8-15(10)6-3/h4-8H2,1-3H3/i1D3,2D3,4D2,5D2. The molecule has 0 saturated carbocycles. The van der Waals surface area contributed by atoms with Crippen molar-refractivity contribution >= 4 is 29.0 Å². The first-order valence-corrected chi connectivity index (χ1v) is 8.50. The van der Waals surface area contributed by atoms with Crippen molar-refractivity contribution in [2.24, 2.45) is 0 Å². The lowest BCUT2D eigenvalue weighted by Gasteiger charge is -2.15. The third kappa shape index (κ3) is 7.53. The lowest BCUT2D eigenvalue weighted by molar-refractivity contribution is 0.237. The third-order valence-electron chi connectivity index (χ3n) is 1.20. The van der Waals surface area contributed by atoms with Crippen molar-refractivity contribution in [2.45, 2.75) is 20.6 Å². The van der Waals surface area contributed by atoms with Crippen LogP contribution >= 0.6 is 18.2 Å². The van der Waals surface area contributed by atoms with E-state index in [0.29, 0.717) is 0 Å². The van der Waals surface area contributed by atoms with E-state index >= 15 is 0 Å². The molecule has 0 N–H and O–H groups in total. The van der Waals surface area contributed by atoms with Gasteiger partial charge < -0.3 is 9.05 Å². The van der Waals surface area contributed by atoms with Gasteiger partial charge in [-0.15, -0.1) is 0 Å². The minimum Gasteiger partial charge on any atom is -0.301 e. The van der Waals surface area contributed by atoms with Crippen LogP contribution in [0.5, 0.6) is 0 Å². The average molecular weight is 284 g/mol. The van der Waals surface area contributed by atoms with E-state index in [0.717, 1.165) is 0 Å². The Morgan fingerprint density at radius 3 is 2.53 bits per heavy atom. The summed E-state index contributed by atoms with van der Waals surface area (Å²) in [7, 11) is -1.30. The third-order valence-corrected chi connectivity index (χ3v) is 6.04. The number of hydrogen-bond acceptors (Lipinski definition) is 5. The molecule has 0 aliphatic heterocycles. The maximum atomic E-state index is 12.6. The Hall–Kier alpha value is 0.650. The molecule has 0 bridgehead atoms. The normalized spacial score (nSPS) is 27.5. The van der Waals surface area contributed by atoms with E-state index in [1.807, 2.05) is 0 Å². The summed E-state index contributed by atoms with van der Waals surface area (Å²) in [5.41, 5.74) is 0. The summed E-state index contributed by atoms with van der Waals surface area (Å²) in [6, 6.07) is 0. The molecule has 0 aromatic carbocycles. The maximum Gasteiger partial charge on any atom is 0.389 e. The molecule has 1 unspecified atom stereocenters. The SMILES string of the molecule is [2H]C([2H])([2H])C([2H])([2H])OP(=O)(OC([2H])([2H])C([2H])([2H])[2H])SCCS(=O)CC. The van der Waals surface area contributed by atoms with Crippen molar-refractivity contribution in [3.05, 3.63) is 0 Å². The molecular weight excluding hydrogens is 255 g/mol. The van der Waals surface area contributed by atoms with E-state index < -0.39 is 44.4 Å². The summed E-state index contributed by atoms with van der Waals surface area (Å²) < 4.78 is 104. The van der Waals surface area contributed by atoms with Gasteiger partial charge in [-0.05, 0) is 25.1 Å². The largest absolute Gasteiger partial charge is 0.389 e. The molecule has 92 valence electrons. The van der Waals surface area contributed by atoms with Crippen molar-refractivity contribution in [1.29, 1.82) is 0 Å². The molecule has 0 rings (SSSR count). The second kappa shape index (κ2) is 8.76. The minimum absolute atomic E-state index is 0.0363. The topological polar surface area (TPSA) is 52.6 Å². The van der Waals surface area contributed by atoms with Crippen LogP contribution in [0.2, 0.25) is 0 Å². The van der Waals surface area contributed by atoms with Gasteiger partial charge >= 0.3 is 6.80 Å². The van der Waals surface area contributed by atoms with E-state index in [1.54, 1.807) is 6.92 Å². The smallest absolute Gasteiger partial charge is 0.301 e. The Morgan fingerprint density at radius 1 is 1.47 bits per heavy atom. The lowest BCUT2D eigenvalue weighted by Crippen LogP contribution is -2.03. The summed E-state index contributed by atoms with van der Waals surface area (Å²) >= 11 is 0.192. The molecular formula is C8H19O4PS2. The second-order valence-electron chi connectivity index (χ2n) is 2.10. The zero-order chi connectivity index (χ0) is 20.3. The summed E-state index contributed by atoms with van der Waals surface area (Å²) in [6.45, 7) is -17.0. The maximum absolute atomic E-state index is 12.6. The predicted molar refractivity (Wildman–Crippen MR) is 66.9 cm³/mol. The fourth-order valence-electron chi connectivity index (χ4n) is 0.569. The highest BCUT2D eigenvalue weighted by Gasteiger charge is 2.24. The Balaban J connectivity index is 5.51. The number of hydrogen-bond donors (Lipinski definition) is 0. The van der Waals surface area contributed by atoms with Gasteiger partial charge in [-0.2, -0.15) is 0 Å². The van der Waals surface area contributed by atoms with Crippen LogP contribution in [0.25, 0.3) is 0 Å². The van der Waals surface area contributed by atoms with E-state index in [-0.39, 0.29) is 28.6 Å². The van der Waals surface area contributed by atoms with Crippen LogP contribution in [-0.4, -0.2) is 34.6 Å². The first-order chi connectivity index (χ1) is 10.9. The zero-order valence-corrected chi connectivity index (χ0v) is 10.5.